The smallest absolute Gasteiger partial charge is 0.0258 e. The molecule has 0 amide bonds. The molecule has 0 bridgehead atoms. The minimum atomic E-state index is 0.0615. The fourth-order valence-electron chi connectivity index (χ4n) is 0.661. The van der Waals surface area contributed by atoms with Crippen LogP contribution in [0.5, 0.6) is 0 Å². The van der Waals surface area contributed by atoms with Gasteiger partial charge >= 0.3 is 0 Å². The second-order valence-electron chi connectivity index (χ2n) is 1.76. The van der Waals surface area contributed by atoms with Crippen molar-refractivity contribution in [1.29, 1.82) is 0 Å². The SMILES string of the molecule is C=CC1=C(C=C)SP(C)S1. The zero-order valence-electron chi connectivity index (χ0n) is 5.83. The van der Waals surface area contributed by atoms with E-state index in [0.29, 0.717) is 0 Å². The molecule has 0 radical (unpaired) electrons. The lowest BCUT2D eigenvalue weighted by Gasteiger charge is -1.95. The molecule has 54 valence electrons. The molecule has 0 saturated carbocycles. The van der Waals surface area contributed by atoms with Crippen LogP contribution in [0.2, 0.25) is 0 Å². The predicted molar refractivity (Wildman–Crippen MR) is 55.4 cm³/mol. The van der Waals surface area contributed by atoms with E-state index in [9.17, 15) is 0 Å². The lowest BCUT2D eigenvalue weighted by atomic mass is 10.5. The van der Waals surface area contributed by atoms with Crippen molar-refractivity contribution < 1.29 is 0 Å². The zero-order valence-corrected chi connectivity index (χ0v) is 8.36. The highest BCUT2D eigenvalue weighted by Crippen LogP contribution is 2.70. The van der Waals surface area contributed by atoms with E-state index in [1.165, 1.54) is 9.81 Å². The summed E-state index contributed by atoms with van der Waals surface area (Å²) in [5.74, 6) is 0. The van der Waals surface area contributed by atoms with Crippen molar-refractivity contribution >= 4 is 29.1 Å². The van der Waals surface area contributed by atoms with E-state index in [0.717, 1.165) is 0 Å². The molecule has 0 aromatic heterocycles. The van der Waals surface area contributed by atoms with Crippen LogP contribution in [0, 0.1) is 0 Å². The normalized spacial score (nSPS) is 19.7. The second kappa shape index (κ2) is 3.66. The average Bonchev–Trinajstić information content (AvgIpc) is 2.30. The maximum atomic E-state index is 3.75. The molecule has 1 aliphatic rings. The van der Waals surface area contributed by atoms with E-state index in [1.807, 2.05) is 34.9 Å². The van der Waals surface area contributed by atoms with Gasteiger partial charge in [0, 0.05) is 16.1 Å². The fraction of sp³-hybridized carbons (Fsp3) is 0.143. The number of allylic oxidation sites excluding steroid dienone is 2. The van der Waals surface area contributed by atoms with E-state index in [-0.39, 0.29) is 6.33 Å². The summed E-state index contributed by atoms with van der Waals surface area (Å²) in [6.07, 6.45) is 3.90. The van der Waals surface area contributed by atoms with E-state index < -0.39 is 0 Å². The maximum Gasteiger partial charge on any atom is 0.0258 e. The first-order chi connectivity index (χ1) is 4.77. The molecule has 0 spiro atoms. The highest BCUT2D eigenvalue weighted by molar-refractivity contribution is 8.91. The van der Waals surface area contributed by atoms with Gasteiger partial charge in [-0.05, 0) is 6.66 Å². The van der Waals surface area contributed by atoms with Gasteiger partial charge < -0.3 is 0 Å². The maximum absolute atomic E-state index is 3.75. The largest absolute Gasteiger partial charge is 0.0979 e. The Kier molecular flexibility index (Phi) is 3.09. The molecule has 1 rings (SSSR count). The van der Waals surface area contributed by atoms with Crippen LogP contribution in [0.25, 0.3) is 0 Å². The van der Waals surface area contributed by atoms with Gasteiger partial charge in [-0.25, -0.2) is 0 Å². The van der Waals surface area contributed by atoms with Crippen LogP contribution in [-0.2, 0) is 0 Å². The Morgan fingerprint density at radius 1 is 1.20 bits per heavy atom. The van der Waals surface area contributed by atoms with Crippen molar-refractivity contribution in [1.82, 2.24) is 0 Å². The Balaban J connectivity index is 2.80. The molecule has 0 N–H and O–H groups in total. The van der Waals surface area contributed by atoms with Gasteiger partial charge in [-0.1, -0.05) is 48.1 Å². The van der Waals surface area contributed by atoms with Gasteiger partial charge in [0.05, 0.1) is 0 Å². The number of hydrogen-bond acceptors (Lipinski definition) is 2. The summed E-state index contributed by atoms with van der Waals surface area (Å²) < 4.78 is 0. The lowest BCUT2D eigenvalue weighted by molar-refractivity contribution is 1.88. The van der Waals surface area contributed by atoms with E-state index in [4.69, 9.17) is 0 Å². The van der Waals surface area contributed by atoms with E-state index in [1.54, 1.807) is 0 Å². The molecule has 0 fully saturated rings. The Labute approximate surface area is 71.1 Å². The van der Waals surface area contributed by atoms with Crippen molar-refractivity contribution in [2.45, 2.75) is 0 Å². The summed E-state index contributed by atoms with van der Waals surface area (Å²) >= 11 is 3.83. The highest BCUT2D eigenvalue weighted by atomic mass is 33.1. The van der Waals surface area contributed by atoms with Crippen molar-refractivity contribution in [2.24, 2.45) is 0 Å². The number of rotatable bonds is 2. The summed E-state index contributed by atoms with van der Waals surface area (Å²) in [5.41, 5.74) is 0. The van der Waals surface area contributed by atoms with Gasteiger partial charge in [0.2, 0.25) is 0 Å². The van der Waals surface area contributed by atoms with Crippen LogP contribution < -0.4 is 0 Å². The van der Waals surface area contributed by atoms with Gasteiger partial charge in [-0.2, -0.15) is 0 Å². The average molecular weight is 188 g/mol. The van der Waals surface area contributed by atoms with Crippen molar-refractivity contribution in [3.8, 4) is 0 Å². The molecule has 0 aliphatic carbocycles. The van der Waals surface area contributed by atoms with Gasteiger partial charge in [-0.15, -0.1) is 0 Å². The van der Waals surface area contributed by atoms with Crippen molar-refractivity contribution in [3.05, 3.63) is 35.1 Å². The quantitative estimate of drug-likeness (QED) is 0.601. The third kappa shape index (κ3) is 1.69. The summed E-state index contributed by atoms with van der Waals surface area (Å²) in [4.78, 5) is 2.60. The van der Waals surface area contributed by atoms with Crippen molar-refractivity contribution in [3.63, 3.8) is 0 Å². The third-order valence-electron chi connectivity index (χ3n) is 1.07. The summed E-state index contributed by atoms with van der Waals surface area (Å²) in [6.45, 7) is 9.75. The molecule has 0 unspecified atom stereocenters. The minimum Gasteiger partial charge on any atom is -0.0979 e. The highest BCUT2D eigenvalue weighted by Gasteiger charge is 2.17. The van der Waals surface area contributed by atoms with E-state index >= 15 is 0 Å². The molecule has 1 aliphatic heterocycles. The molecule has 0 aromatic carbocycles. The Morgan fingerprint density at radius 3 is 1.90 bits per heavy atom. The summed E-state index contributed by atoms with van der Waals surface area (Å²) in [5, 5.41) is 0. The van der Waals surface area contributed by atoms with Crippen molar-refractivity contribution in [2.75, 3.05) is 6.66 Å². The molecule has 3 heteroatoms. The zero-order chi connectivity index (χ0) is 7.56. The van der Waals surface area contributed by atoms with Gasteiger partial charge in [0.15, 0.2) is 0 Å². The molecular formula is C7H9PS2. The Morgan fingerprint density at radius 2 is 1.60 bits per heavy atom. The van der Waals surface area contributed by atoms with Crippen LogP contribution in [0.3, 0.4) is 0 Å². The standard InChI is InChI=1S/C7H9PS2/c1-4-6-7(5-2)10-8(3)9-6/h4-5H,1-2H2,3H3. The fourth-order valence-corrected chi connectivity index (χ4v) is 6.96. The van der Waals surface area contributed by atoms with Crippen LogP contribution in [0.4, 0.5) is 0 Å². The molecule has 0 atom stereocenters. The summed E-state index contributed by atoms with van der Waals surface area (Å²) in [7, 11) is 0. The predicted octanol–water partition coefficient (Wildman–Crippen LogP) is 3.99. The number of hydrogen-bond donors (Lipinski definition) is 0. The molecule has 0 saturated heterocycles. The topological polar surface area (TPSA) is 0 Å². The van der Waals surface area contributed by atoms with Crippen LogP contribution in [-0.4, -0.2) is 6.66 Å². The van der Waals surface area contributed by atoms with Gasteiger partial charge in [-0.3, -0.25) is 0 Å². The molecule has 0 nitrogen and oxygen atoms in total. The summed E-state index contributed by atoms with van der Waals surface area (Å²) in [6, 6.07) is 0. The second-order valence-corrected chi connectivity index (χ2v) is 8.96. The molecular weight excluding hydrogens is 179 g/mol. The van der Waals surface area contributed by atoms with Crippen LogP contribution in [0.15, 0.2) is 35.1 Å². The molecule has 1 heterocycles. The minimum absolute atomic E-state index is 0.0615. The molecule has 10 heavy (non-hydrogen) atoms. The van der Waals surface area contributed by atoms with Crippen LogP contribution >= 0.6 is 29.1 Å². The third-order valence-corrected chi connectivity index (χ3v) is 6.94. The Bertz CT molecular complexity index is 176. The van der Waals surface area contributed by atoms with Gasteiger partial charge in [0.1, 0.15) is 0 Å². The molecule has 0 aromatic rings. The van der Waals surface area contributed by atoms with E-state index in [2.05, 4.69) is 19.8 Å². The Hall–Kier alpha value is 0.350. The first-order valence-corrected chi connectivity index (χ1v) is 7.50. The monoisotopic (exact) mass is 188 g/mol. The van der Waals surface area contributed by atoms with Gasteiger partial charge in [0.25, 0.3) is 0 Å². The lowest BCUT2D eigenvalue weighted by Crippen LogP contribution is -1.64. The first kappa shape index (κ1) is 8.45. The first-order valence-electron chi connectivity index (χ1n) is 2.86. The van der Waals surface area contributed by atoms with Crippen LogP contribution in [0.1, 0.15) is 0 Å².